The lowest BCUT2D eigenvalue weighted by molar-refractivity contribution is -0.139. The fourth-order valence-corrected chi connectivity index (χ4v) is 1.54. The molecule has 0 saturated heterocycles. The minimum atomic E-state index is -0.907. The van der Waals surface area contributed by atoms with Crippen LogP contribution in [0.1, 0.15) is 25.5 Å². The molecular formula is C13H21N3O4. The van der Waals surface area contributed by atoms with Gasteiger partial charge < -0.3 is 19.9 Å². The number of anilines is 1. The van der Waals surface area contributed by atoms with Crippen molar-refractivity contribution in [2.75, 3.05) is 25.6 Å². The van der Waals surface area contributed by atoms with Crippen LogP contribution in [0.25, 0.3) is 0 Å². The van der Waals surface area contributed by atoms with Crippen LogP contribution in [0.4, 0.5) is 5.95 Å². The molecule has 0 aliphatic rings. The predicted octanol–water partition coefficient (Wildman–Crippen LogP) is 1.48. The molecule has 20 heavy (non-hydrogen) atoms. The second-order valence-electron chi connectivity index (χ2n) is 4.36. The Kier molecular flexibility index (Phi) is 6.72. The van der Waals surface area contributed by atoms with Crippen LogP contribution in [0.2, 0.25) is 0 Å². The van der Waals surface area contributed by atoms with Gasteiger partial charge in [0.15, 0.2) is 0 Å². The fourth-order valence-electron chi connectivity index (χ4n) is 1.54. The van der Waals surface area contributed by atoms with Crippen molar-refractivity contribution in [3.05, 3.63) is 11.8 Å². The Labute approximate surface area is 118 Å². The average molecular weight is 283 g/mol. The van der Waals surface area contributed by atoms with Gasteiger partial charge in [-0.3, -0.25) is 4.79 Å². The number of carbonyl (C=O) groups is 1. The maximum atomic E-state index is 10.6. The van der Waals surface area contributed by atoms with Crippen molar-refractivity contribution in [1.29, 1.82) is 0 Å². The Morgan fingerprint density at radius 3 is 2.85 bits per heavy atom. The standard InChI is InChI=1S/C13H21N3O4/c1-4-5-20-11-6-9(2)15-13(16-11)14-8-10(19-3)7-12(17)18/h6,10H,4-5,7-8H2,1-3H3,(H,17,18)(H,14,15,16). The Balaban J connectivity index is 2.62. The summed E-state index contributed by atoms with van der Waals surface area (Å²) in [6.07, 6.45) is 0.390. The lowest BCUT2D eigenvalue weighted by atomic mass is 10.2. The van der Waals surface area contributed by atoms with E-state index in [0.717, 1.165) is 12.1 Å². The number of rotatable bonds is 9. The molecule has 1 aromatic rings. The van der Waals surface area contributed by atoms with Crippen LogP contribution < -0.4 is 10.1 Å². The second kappa shape index (κ2) is 8.31. The maximum absolute atomic E-state index is 10.6. The number of carboxylic acid groups (broad SMARTS) is 1. The smallest absolute Gasteiger partial charge is 0.306 e. The highest BCUT2D eigenvalue weighted by Crippen LogP contribution is 2.12. The number of nitrogens with one attached hydrogen (secondary N) is 1. The van der Waals surface area contributed by atoms with Crippen LogP contribution in [0.15, 0.2) is 6.07 Å². The van der Waals surface area contributed by atoms with Crippen LogP contribution in [-0.2, 0) is 9.53 Å². The highest BCUT2D eigenvalue weighted by atomic mass is 16.5. The molecule has 1 atom stereocenters. The molecule has 112 valence electrons. The van der Waals surface area contributed by atoms with Crippen molar-refractivity contribution in [2.45, 2.75) is 32.8 Å². The summed E-state index contributed by atoms with van der Waals surface area (Å²) >= 11 is 0. The topological polar surface area (TPSA) is 93.6 Å². The fraction of sp³-hybridized carbons (Fsp3) is 0.615. The summed E-state index contributed by atoms with van der Waals surface area (Å²) in [6, 6.07) is 1.76. The zero-order valence-corrected chi connectivity index (χ0v) is 12.0. The Hall–Kier alpha value is -1.89. The van der Waals surface area contributed by atoms with Gasteiger partial charge in [-0.15, -0.1) is 0 Å². The molecule has 1 rings (SSSR count). The van der Waals surface area contributed by atoms with Gasteiger partial charge in [-0.25, -0.2) is 4.98 Å². The van der Waals surface area contributed by atoms with E-state index in [1.54, 1.807) is 6.07 Å². The molecule has 0 bridgehead atoms. The van der Waals surface area contributed by atoms with Gasteiger partial charge in [0.1, 0.15) is 0 Å². The third-order valence-electron chi connectivity index (χ3n) is 2.51. The zero-order chi connectivity index (χ0) is 15.0. The quantitative estimate of drug-likeness (QED) is 0.708. The number of nitrogens with zero attached hydrogens (tertiary/aromatic N) is 2. The number of aryl methyl sites for hydroxylation is 1. The van der Waals surface area contributed by atoms with Crippen molar-refractivity contribution >= 4 is 11.9 Å². The van der Waals surface area contributed by atoms with Gasteiger partial charge in [0.25, 0.3) is 0 Å². The molecule has 1 heterocycles. The molecule has 0 aromatic carbocycles. The SMILES string of the molecule is CCCOc1cc(C)nc(NCC(CC(=O)O)OC)n1. The summed E-state index contributed by atoms with van der Waals surface area (Å²) < 4.78 is 10.5. The van der Waals surface area contributed by atoms with Crippen LogP contribution in [0.3, 0.4) is 0 Å². The highest BCUT2D eigenvalue weighted by molar-refractivity contribution is 5.67. The molecule has 0 radical (unpaired) electrons. The van der Waals surface area contributed by atoms with Gasteiger partial charge >= 0.3 is 5.97 Å². The lowest BCUT2D eigenvalue weighted by Gasteiger charge is -2.14. The third-order valence-corrected chi connectivity index (χ3v) is 2.51. The maximum Gasteiger partial charge on any atom is 0.306 e. The first kappa shape index (κ1) is 16.2. The number of hydrogen-bond acceptors (Lipinski definition) is 6. The van der Waals surface area contributed by atoms with Crippen molar-refractivity contribution in [2.24, 2.45) is 0 Å². The normalized spacial score (nSPS) is 11.9. The van der Waals surface area contributed by atoms with Gasteiger partial charge in [0.05, 0.1) is 19.1 Å². The Morgan fingerprint density at radius 2 is 2.25 bits per heavy atom. The minimum Gasteiger partial charge on any atom is -0.481 e. The molecule has 1 unspecified atom stereocenters. The van der Waals surface area contributed by atoms with Crippen molar-refractivity contribution in [1.82, 2.24) is 9.97 Å². The average Bonchev–Trinajstić information content (AvgIpc) is 2.40. The van der Waals surface area contributed by atoms with E-state index in [4.69, 9.17) is 14.6 Å². The van der Waals surface area contributed by atoms with E-state index in [-0.39, 0.29) is 6.42 Å². The number of aromatic nitrogens is 2. The van der Waals surface area contributed by atoms with Gasteiger partial charge in [-0.2, -0.15) is 4.98 Å². The molecule has 7 heteroatoms. The Bertz CT molecular complexity index is 440. The highest BCUT2D eigenvalue weighted by Gasteiger charge is 2.13. The lowest BCUT2D eigenvalue weighted by Crippen LogP contribution is -2.25. The molecule has 0 fully saturated rings. The predicted molar refractivity (Wildman–Crippen MR) is 74.1 cm³/mol. The number of hydrogen-bond donors (Lipinski definition) is 2. The number of carboxylic acids is 1. The molecule has 0 amide bonds. The molecule has 0 spiro atoms. The molecule has 2 N–H and O–H groups in total. The molecule has 1 aromatic heterocycles. The van der Waals surface area contributed by atoms with Gasteiger partial charge in [-0.05, 0) is 13.3 Å². The summed E-state index contributed by atoms with van der Waals surface area (Å²) in [5, 5.41) is 11.7. The van der Waals surface area contributed by atoms with E-state index in [0.29, 0.717) is 25.0 Å². The van der Waals surface area contributed by atoms with Gasteiger partial charge in [-0.1, -0.05) is 6.92 Å². The molecular weight excluding hydrogens is 262 g/mol. The zero-order valence-electron chi connectivity index (χ0n) is 12.0. The van der Waals surface area contributed by atoms with Crippen molar-refractivity contribution < 1.29 is 19.4 Å². The van der Waals surface area contributed by atoms with Crippen LogP contribution >= 0.6 is 0 Å². The number of aliphatic carboxylic acids is 1. The van der Waals surface area contributed by atoms with Crippen LogP contribution in [0, 0.1) is 6.92 Å². The first-order valence-electron chi connectivity index (χ1n) is 6.52. The molecule has 0 aliphatic carbocycles. The number of ether oxygens (including phenoxy) is 2. The largest absolute Gasteiger partial charge is 0.481 e. The van der Waals surface area contributed by atoms with E-state index in [1.807, 2.05) is 13.8 Å². The molecule has 7 nitrogen and oxygen atoms in total. The molecule has 0 aliphatic heterocycles. The van der Waals surface area contributed by atoms with Gasteiger partial charge in [0.2, 0.25) is 11.8 Å². The van der Waals surface area contributed by atoms with E-state index in [2.05, 4.69) is 15.3 Å². The van der Waals surface area contributed by atoms with E-state index >= 15 is 0 Å². The monoisotopic (exact) mass is 283 g/mol. The number of methoxy groups -OCH3 is 1. The van der Waals surface area contributed by atoms with E-state index in [9.17, 15) is 4.79 Å². The van der Waals surface area contributed by atoms with Crippen LogP contribution in [-0.4, -0.2) is 47.4 Å². The van der Waals surface area contributed by atoms with Crippen molar-refractivity contribution in [3.63, 3.8) is 0 Å². The van der Waals surface area contributed by atoms with Crippen molar-refractivity contribution in [3.8, 4) is 5.88 Å². The third kappa shape index (κ3) is 5.83. The molecule has 0 saturated carbocycles. The Morgan fingerprint density at radius 1 is 1.50 bits per heavy atom. The summed E-state index contributed by atoms with van der Waals surface area (Å²) in [6.45, 7) is 4.77. The first-order chi connectivity index (χ1) is 9.55. The first-order valence-corrected chi connectivity index (χ1v) is 6.52. The minimum absolute atomic E-state index is 0.0749. The second-order valence-corrected chi connectivity index (χ2v) is 4.36. The summed E-state index contributed by atoms with van der Waals surface area (Å²) in [7, 11) is 1.47. The summed E-state index contributed by atoms with van der Waals surface area (Å²) in [4.78, 5) is 19.1. The summed E-state index contributed by atoms with van der Waals surface area (Å²) in [5.74, 6) is 0.00775. The van der Waals surface area contributed by atoms with Gasteiger partial charge in [0, 0.05) is 25.4 Å². The van der Waals surface area contributed by atoms with Crippen LogP contribution in [0.5, 0.6) is 5.88 Å². The van der Waals surface area contributed by atoms with E-state index in [1.165, 1.54) is 7.11 Å². The van der Waals surface area contributed by atoms with E-state index < -0.39 is 12.1 Å². The summed E-state index contributed by atoms with van der Waals surface area (Å²) in [5.41, 5.74) is 0.779.